The van der Waals surface area contributed by atoms with Crippen LogP contribution in [0.1, 0.15) is 61.3 Å². The highest BCUT2D eigenvalue weighted by molar-refractivity contribution is 5.77. The van der Waals surface area contributed by atoms with Crippen molar-refractivity contribution in [3.05, 3.63) is 0 Å². The number of alkyl carbamates (subject to hydrolysis) is 1. The van der Waals surface area contributed by atoms with Gasteiger partial charge < -0.3 is 15.2 Å². The van der Waals surface area contributed by atoms with Crippen LogP contribution in [0.2, 0.25) is 0 Å². The quantitative estimate of drug-likeness (QED) is 0.817. The molecule has 0 spiro atoms. The molecule has 0 radical (unpaired) electrons. The summed E-state index contributed by atoms with van der Waals surface area (Å²) in [7, 11) is 0. The molecule has 0 saturated heterocycles. The maximum atomic E-state index is 12.0. The number of carbonyl (C=O) groups excluding carboxylic acids is 1. The molecule has 0 aromatic rings. The number of hydrogen-bond acceptors (Lipinski definition) is 3. The van der Waals surface area contributed by atoms with Gasteiger partial charge in [-0.3, -0.25) is 4.79 Å². The van der Waals surface area contributed by atoms with E-state index in [9.17, 15) is 14.7 Å². The second-order valence-corrected chi connectivity index (χ2v) is 7.72. The Bertz CT molecular complexity index is 424. The van der Waals surface area contributed by atoms with Crippen LogP contribution in [0.5, 0.6) is 0 Å². The summed E-state index contributed by atoms with van der Waals surface area (Å²) < 4.78 is 5.29. The summed E-state index contributed by atoms with van der Waals surface area (Å²) in [6.07, 6.45) is 0.645. The van der Waals surface area contributed by atoms with Crippen LogP contribution >= 0.6 is 0 Å². The first-order chi connectivity index (χ1) is 8.75. The normalized spacial score (nSPS) is 32.8. The van der Waals surface area contributed by atoms with Gasteiger partial charge in [0, 0.05) is 11.0 Å². The summed E-state index contributed by atoms with van der Waals surface area (Å²) in [4.78, 5) is 23.6. The Labute approximate surface area is 121 Å². The molecule has 2 atom stereocenters. The lowest BCUT2D eigenvalue weighted by atomic mass is 9.63. The highest BCUT2D eigenvalue weighted by atomic mass is 16.6. The molecule has 5 nitrogen and oxygen atoms in total. The lowest BCUT2D eigenvalue weighted by molar-refractivity contribution is -0.155. The first-order valence-electron chi connectivity index (χ1n) is 7.00. The third-order valence-corrected chi connectivity index (χ3v) is 5.13. The van der Waals surface area contributed by atoms with Crippen molar-refractivity contribution >= 4 is 12.1 Å². The van der Waals surface area contributed by atoms with Gasteiger partial charge in [-0.25, -0.2) is 4.79 Å². The molecule has 1 aliphatic rings. The maximum absolute atomic E-state index is 12.0. The third kappa shape index (κ3) is 2.63. The zero-order valence-corrected chi connectivity index (χ0v) is 13.6. The Kier molecular flexibility index (Phi) is 3.89. The molecular formula is C15H27NO4. The van der Waals surface area contributed by atoms with Crippen molar-refractivity contribution in [2.24, 2.45) is 10.8 Å². The zero-order chi connectivity index (χ0) is 16.0. The second-order valence-electron chi connectivity index (χ2n) is 7.72. The molecule has 0 bridgehead atoms. The minimum atomic E-state index is -0.864. The molecule has 0 heterocycles. The summed E-state index contributed by atoms with van der Waals surface area (Å²) >= 11 is 0. The Balaban J connectivity index is 2.96. The second kappa shape index (κ2) is 4.64. The van der Waals surface area contributed by atoms with E-state index < -0.39 is 34.0 Å². The van der Waals surface area contributed by atoms with Crippen molar-refractivity contribution in [3.63, 3.8) is 0 Å². The van der Waals surface area contributed by atoms with Gasteiger partial charge in [0.15, 0.2) is 0 Å². The van der Waals surface area contributed by atoms with Gasteiger partial charge in [0.25, 0.3) is 0 Å². The van der Waals surface area contributed by atoms with E-state index in [-0.39, 0.29) is 0 Å². The van der Waals surface area contributed by atoms with Gasteiger partial charge in [-0.15, -0.1) is 0 Å². The largest absolute Gasteiger partial charge is 0.481 e. The first-order valence-corrected chi connectivity index (χ1v) is 7.00. The van der Waals surface area contributed by atoms with Crippen molar-refractivity contribution in [3.8, 4) is 0 Å². The molecule has 1 saturated carbocycles. The van der Waals surface area contributed by atoms with Gasteiger partial charge in [-0.2, -0.15) is 0 Å². The molecule has 116 valence electrons. The highest BCUT2D eigenvalue weighted by Crippen LogP contribution is 2.58. The van der Waals surface area contributed by atoms with Gasteiger partial charge in [0.05, 0.1) is 5.41 Å². The first kappa shape index (κ1) is 16.8. The van der Waals surface area contributed by atoms with Crippen molar-refractivity contribution < 1.29 is 19.4 Å². The van der Waals surface area contributed by atoms with Crippen molar-refractivity contribution in [1.82, 2.24) is 5.32 Å². The Morgan fingerprint density at radius 3 is 1.95 bits per heavy atom. The van der Waals surface area contributed by atoms with E-state index in [2.05, 4.69) is 5.32 Å². The fraction of sp³-hybridized carbons (Fsp3) is 0.867. The monoisotopic (exact) mass is 285 g/mol. The lowest BCUT2D eigenvalue weighted by Crippen LogP contribution is -2.58. The summed E-state index contributed by atoms with van der Waals surface area (Å²) in [6.45, 7) is 12.8. The fourth-order valence-electron chi connectivity index (χ4n) is 2.86. The number of carboxylic acid groups (broad SMARTS) is 1. The van der Waals surface area contributed by atoms with E-state index in [4.69, 9.17) is 4.74 Å². The Morgan fingerprint density at radius 1 is 1.10 bits per heavy atom. The van der Waals surface area contributed by atoms with Gasteiger partial charge in [-0.05, 0) is 47.5 Å². The van der Waals surface area contributed by atoms with E-state index in [1.165, 1.54) is 0 Å². The Hall–Kier alpha value is -1.26. The van der Waals surface area contributed by atoms with Crippen LogP contribution in [-0.2, 0) is 9.53 Å². The predicted octanol–water partition coefficient (Wildman–Crippen LogP) is 3.18. The smallest absolute Gasteiger partial charge is 0.408 e. The average Bonchev–Trinajstić information content (AvgIpc) is 2.37. The average molecular weight is 285 g/mol. The number of rotatable bonds is 2. The number of carbonyl (C=O) groups is 2. The summed E-state index contributed by atoms with van der Waals surface area (Å²) in [6, 6.07) is 0. The summed E-state index contributed by atoms with van der Waals surface area (Å²) in [5.74, 6) is -0.822. The van der Waals surface area contributed by atoms with Crippen LogP contribution in [0.25, 0.3) is 0 Å². The van der Waals surface area contributed by atoms with Crippen molar-refractivity contribution in [2.45, 2.75) is 72.4 Å². The molecule has 20 heavy (non-hydrogen) atoms. The van der Waals surface area contributed by atoms with E-state index >= 15 is 0 Å². The van der Waals surface area contributed by atoms with E-state index in [0.717, 1.165) is 0 Å². The van der Waals surface area contributed by atoms with Crippen LogP contribution in [0.3, 0.4) is 0 Å². The molecular weight excluding hydrogens is 258 g/mol. The summed E-state index contributed by atoms with van der Waals surface area (Å²) in [5, 5.41) is 12.4. The summed E-state index contributed by atoms with van der Waals surface area (Å²) in [5.41, 5.74) is -2.62. The van der Waals surface area contributed by atoms with Gasteiger partial charge in [0.1, 0.15) is 5.60 Å². The topological polar surface area (TPSA) is 75.6 Å². The molecule has 1 rings (SSSR count). The number of carboxylic acids is 1. The van der Waals surface area contributed by atoms with Gasteiger partial charge in [-0.1, -0.05) is 13.8 Å². The van der Waals surface area contributed by atoms with E-state index in [0.29, 0.717) is 12.8 Å². The molecule has 1 aliphatic carbocycles. The number of ether oxygens (including phenoxy) is 1. The predicted molar refractivity (Wildman–Crippen MR) is 76.5 cm³/mol. The van der Waals surface area contributed by atoms with Gasteiger partial charge in [0.2, 0.25) is 0 Å². The van der Waals surface area contributed by atoms with E-state index in [1.807, 2.05) is 20.8 Å². The number of hydrogen-bond donors (Lipinski definition) is 2. The van der Waals surface area contributed by atoms with Crippen LogP contribution < -0.4 is 5.32 Å². The number of nitrogens with one attached hydrogen (secondary N) is 1. The maximum Gasteiger partial charge on any atom is 0.408 e. The van der Waals surface area contributed by atoms with Crippen molar-refractivity contribution in [2.75, 3.05) is 0 Å². The number of amides is 1. The molecule has 1 fully saturated rings. The van der Waals surface area contributed by atoms with E-state index in [1.54, 1.807) is 27.7 Å². The number of aliphatic carboxylic acids is 1. The minimum absolute atomic E-state index is 0.497. The standard InChI is InChI=1S/C15H27NO4/c1-12(2,3)20-11(19)16-15(7)9-8-14(6,10(17)18)13(15,4)5/h8-9H2,1-7H3,(H,16,19)(H,17,18)/t14-,15+/m1/s1. The molecule has 2 N–H and O–H groups in total. The Morgan fingerprint density at radius 2 is 1.60 bits per heavy atom. The minimum Gasteiger partial charge on any atom is -0.481 e. The van der Waals surface area contributed by atoms with Crippen LogP contribution in [0, 0.1) is 10.8 Å². The molecule has 1 amide bonds. The molecule has 0 unspecified atom stereocenters. The molecule has 5 heteroatoms. The highest BCUT2D eigenvalue weighted by Gasteiger charge is 2.62. The van der Waals surface area contributed by atoms with Crippen molar-refractivity contribution in [1.29, 1.82) is 0 Å². The van der Waals surface area contributed by atoms with Crippen LogP contribution in [0.15, 0.2) is 0 Å². The molecule has 0 aliphatic heterocycles. The lowest BCUT2D eigenvalue weighted by Gasteiger charge is -2.45. The molecule has 0 aromatic heterocycles. The zero-order valence-electron chi connectivity index (χ0n) is 13.6. The fourth-order valence-corrected chi connectivity index (χ4v) is 2.86. The SMILES string of the molecule is CC(C)(C)OC(=O)N[C@@]1(C)CC[C@](C)(C(=O)O)C1(C)C. The third-order valence-electron chi connectivity index (χ3n) is 5.13. The molecule has 0 aromatic carbocycles. The van der Waals surface area contributed by atoms with Gasteiger partial charge >= 0.3 is 12.1 Å². The van der Waals surface area contributed by atoms with Crippen LogP contribution in [0.4, 0.5) is 4.79 Å². The van der Waals surface area contributed by atoms with Crippen LogP contribution in [-0.4, -0.2) is 28.3 Å².